The van der Waals surface area contributed by atoms with E-state index in [0.29, 0.717) is 17.5 Å². The number of nitrogens with zero attached hydrogens (tertiary/aromatic N) is 1. The first kappa shape index (κ1) is 13.3. The molecule has 0 spiro atoms. The Morgan fingerprint density at radius 3 is 2.58 bits per heavy atom. The minimum absolute atomic E-state index is 0.230. The minimum Gasteiger partial charge on any atom is -0.368 e. The molecule has 3 rings (SSSR count). The molecule has 1 aliphatic carbocycles. The van der Waals surface area contributed by atoms with E-state index in [9.17, 15) is 13.2 Å². The highest BCUT2D eigenvalue weighted by atomic mass is 79.9. The summed E-state index contributed by atoms with van der Waals surface area (Å²) < 4.78 is 39.2. The molecular formula is C14H15BrF3N. The summed E-state index contributed by atoms with van der Waals surface area (Å²) in [5.74, 6) is 0.676. The van der Waals surface area contributed by atoms with Crippen LogP contribution < -0.4 is 4.90 Å². The first-order chi connectivity index (χ1) is 8.99. The van der Waals surface area contributed by atoms with Crippen molar-refractivity contribution in [3.8, 4) is 0 Å². The van der Waals surface area contributed by atoms with Gasteiger partial charge < -0.3 is 4.90 Å². The van der Waals surface area contributed by atoms with Crippen LogP contribution in [0.15, 0.2) is 18.2 Å². The largest absolute Gasteiger partial charge is 0.416 e. The number of alkyl halides is 4. The lowest BCUT2D eigenvalue weighted by Crippen LogP contribution is -2.32. The lowest BCUT2D eigenvalue weighted by molar-refractivity contribution is -0.138. The number of halogens is 4. The standard InChI is InChI=1S/C14H15BrF3N/c15-7-10-2-4-12(6-13(10)14(16,17)18)19-8-9-1-3-11(19)5-9/h2,4,6,9,11H,1,3,5,7-8H2. The molecule has 104 valence electrons. The third-order valence-corrected chi connectivity index (χ3v) is 4.89. The van der Waals surface area contributed by atoms with E-state index in [1.54, 1.807) is 6.07 Å². The highest BCUT2D eigenvalue weighted by Gasteiger charge is 2.39. The first-order valence-corrected chi connectivity index (χ1v) is 7.64. The van der Waals surface area contributed by atoms with Crippen molar-refractivity contribution in [2.24, 2.45) is 5.92 Å². The average molecular weight is 334 g/mol. The van der Waals surface area contributed by atoms with E-state index in [0.717, 1.165) is 25.1 Å². The molecule has 0 amide bonds. The summed E-state index contributed by atoms with van der Waals surface area (Å²) in [4.78, 5) is 2.15. The lowest BCUT2D eigenvalue weighted by atomic mass is 10.0. The molecule has 2 unspecified atom stereocenters. The van der Waals surface area contributed by atoms with Gasteiger partial charge in [0.25, 0.3) is 0 Å². The number of hydrogen-bond acceptors (Lipinski definition) is 1. The molecule has 2 bridgehead atoms. The molecule has 0 aromatic heterocycles. The molecule has 1 saturated heterocycles. The van der Waals surface area contributed by atoms with Crippen LogP contribution in [0.2, 0.25) is 0 Å². The highest BCUT2D eigenvalue weighted by Crippen LogP contribution is 2.42. The van der Waals surface area contributed by atoms with Crippen molar-refractivity contribution in [2.75, 3.05) is 11.4 Å². The van der Waals surface area contributed by atoms with Crippen molar-refractivity contribution >= 4 is 21.6 Å². The predicted molar refractivity (Wildman–Crippen MR) is 72.6 cm³/mol. The normalized spacial score (nSPS) is 26.2. The number of fused-ring (bicyclic) bond motifs is 2. The van der Waals surface area contributed by atoms with Crippen molar-refractivity contribution in [2.45, 2.75) is 36.8 Å². The molecule has 0 radical (unpaired) electrons. The summed E-state index contributed by atoms with van der Waals surface area (Å²) in [5.41, 5.74) is 0.523. The second-order valence-electron chi connectivity index (χ2n) is 5.46. The third kappa shape index (κ3) is 2.37. The van der Waals surface area contributed by atoms with Gasteiger partial charge in [-0.05, 0) is 42.9 Å². The zero-order valence-electron chi connectivity index (χ0n) is 10.4. The summed E-state index contributed by atoms with van der Waals surface area (Å²) in [6.07, 6.45) is -0.793. The van der Waals surface area contributed by atoms with Gasteiger partial charge in [-0.2, -0.15) is 13.2 Å². The van der Waals surface area contributed by atoms with E-state index < -0.39 is 11.7 Å². The zero-order chi connectivity index (χ0) is 13.6. The summed E-state index contributed by atoms with van der Waals surface area (Å²) in [6.45, 7) is 0.912. The van der Waals surface area contributed by atoms with E-state index in [-0.39, 0.29) is 5.33 Å². The smallest absolute Gasteiger partial charge is 0.368 e. The molecule has 1 aromatic carbocycles. The Hall–Kier alpha value is -0.710. The van der Waals surface area contributed by atoms with Gasteiger partial charge in [-0.25, -0.2) is 0 Å². The number of piperidine rings is 1. The van der Waals surface area contributed by atoms with Gasteiger partial charge in [0.05, 0.1) is 5.56 Å². The van der Waals surface area contributed by atoms with Crippen molar-refractivity contribution in [3.63, 3.8) is 0 Å². The van der Waals surface area contributed by atoms with Crippen LogP contribution in [0.4, 0.5) is 18.9 Å². The van der Waals surface area contributed by atoms with E-state index in [2.05, 4.69) is 20.8 Å². The van der Waals surface area contributed by atoms with Gasteiger partial charge in [-0.3, -0.25) is 0 Å². The van der Waals surface area contributed by atoms with E-state index in [1.807, 2.05) is 6.07 Å². The molecule has 1 aliphatic heterocycles. The summed E-state index contributed by atoms with van der Waals surface area (Å²) in [5, 5.41) is 0.230. The monoisotopic (exact) mass is 333 g/mol. The van der Waals surface area contributed by atoms with E-state index in [1.165, 1.54) is 12.5 Å². The average Bonchev–Trinajstić information content (AvgIpc) is 2.99. The number of anilines is 1. The molecule has 19 heavy (non-hydrogen) atoms. The Kier molecular flexibility index (Phi) is 3.28. The molecule has 1 heterocycles. The Morgan fingerprint density at radius 2 is 2.05 bits per heavy atom. The van der Waals surface area contributed by atoms with Gasteiger partial charge in [0.15, 0.2) is 0 Å². The maximum atomic E-state index is 13.1. The number of rotatable bonds is 2. The molecule has 2 aliphatic rings. The lowest BCUT2D eigenvalue weighted by Gasteiger charge is -2.30. The molecule has 2 fully saturated rings. The van der Waals surface area contributed by atoms with Crippen LogP contribution in [-0.2, 0) is 11.5 Å². The van der Waals surface area contributed by atoms with Gasteiger partial charge >= 0.3 is 6.18 Å². The summed E-state index contributed by atoms with van der Waals surface area (Å²) >= 11 is 3.13. The minimum atomic E-state index is -4.28. The molecule has 2 atom stereocenters. The van der Waals surface area contributed by atoms with Crippen molar-refractivity contribution < 1.29 is 13.2 Å². The second-order valence-corrected chi connectivity index (χ2v) is 6.02. The van der Waals surface area contributed by atoms with Crippen LogP contribution in [0, 0.1) is 5.92 Å². The SMILES string of the molecule is FC(F)(F)c1cc(N2CC3CCC2C3)ccc1CBr. The molecular weight excluding hydrogens is 319 g/mol. The Balaban J connectivity index is 1.95. The first-order valence-electron chi connectivity index (χ1n) is 6.52. The van der Waals surface area contributed by atoms with Crippen LogP contribution in [0.3, 0.4) is 0 Å². The van der Waals surface area contributed by atoms with Crippen LogP contribution in [0.25, 0.3) is 0 Å². The van der Waals surface area contributed by atoms with Gasteiger partial charge in [-0.1, -0.05) is 22.0 Å². The van der Waals surface area contributed by atoms with Gasteiger partial charge in [-0.15, -0.1) is 0 Å². The fraction of sp³-hybridized carbons (Fsp3) is 0.571. The van der Waals surface area contributed by atoms with Crippen LogP contribution >= 0.6 is 15.9 Å². The van der Waals surface area contributed by atoms with Crippen molar-refractivity contribution in [1.29, 1.82) is 0 Å². The highest BCUT2D eigenvalue weighted by molar-refractivity contribution is 9.08. The third-order valence-electron chi connectivity index (χ3n) is 4.28. The quantitative estimate of drug-likeness (QED) is 0.715. The van der Waals surface area contributed by atoms with Gasteiger partial charge in [0, 0.05) is 23.6 Å². The Bertz CT molecular complexity index is 486. The van der Waals surface area contributed by atoms with Crippen LogP contribution in [0.5, 0.6) is 0 Å². The summed E-state index contributed by atoms with van der Waals surface area (Å²) in [6, 6.07) is 5.18. The molecule has 1 aromatic rings. The van der Waals surface area contributed by atoms with Crippen LogP contribution in [0.1, 0.15) is 30.4 Å². The molecule has 1 nitrogen and oxygen atoms in total. The fourth-order valence-electron chi connectivity index (χ4n) is 3.36. The van der Waals surface area contributed by atoms with E-state index >= 15 is 0 Å². The Morgan fingerprint density at radius 1 is 1.26 bits per heavy atom. The fourth-order valence-corrected chi connectivity index (χ4v) is 3.85. The molecule has 0 N–H and O–H groups in total. The maximum absolute atomic E-state index is 13.1. The summed E-state index contributed by atoms with van der Waals surface area (Å²) in [7, 11) is 0. The molecule has 5 heteroatoms. The maximum Gasteiger partial charge on any atom is 0.416 e. The Labute approximate surface area is 118 Å². The van der Waals surface area contributed by atoms with Crippen LogP contribution in [-0.4, -0.2) is 12.6 Å². The van der Waals surface area contributed by atoms with Gasteiger partial charge in [0.2, 0.25) is 0 Å². The van der Waals surface area contributed by atoms with Crippen molar-refractivity contribution in [1.82, 2.24) is 0 Å². The van der Waals surface area contributed by atoms with Crippen molar-refractivity contribution in [3.05, 3.63) is 29.3 Å². The number of hydrogen-bond donors (Lipinski definition) is 0. The number of benzene rings is 1. The topological polar surface area (TPSA) is 3.24 Å². The predicted octanol–water partition coefficient (Wildman–Crippen LogP) is 4.59. The molecule has 1 saturated carbocycles. The second kappa shape index (κ2) is 4.69. The zero-order valence-corrected chi connectivity index (χ0v) is 12.0. The van der Waals surface area contributed by atoms with E-state index in [4.69, 9.17) is 0 Å². The van der Waals surface area contributed by atoms with Gasteiger partial charge in [0.1, 0.15) is 0 Å².